The summed E-state index contributed by atoms with van der Waals surface area (Å²) in [6, 6.07) is 22.1. The molecule has 0 radical (unpaired) electrons. The summed E-state index contributed by atoms with van der Waals surface area (Å²) in [6.07, 6.45) is 5.72. The first kappa shape index (κ1) is 47.9. The first-order valence-electron chi connectivity index (χ1n) is 20.6. The van der Waals surface area contributed by atoms with Crippen LogP contribution in [0.15, 0.2) is 84.9 Å². The van der Waals surface area contributed by atoms with Crippen LogP contribution in [0.25, 0.3) is 0 Å². The van der Waals surface area contributed by atoms with Gasteiger partial charge in [-0.05, 0) is 67.9 Å². The molecule has 3 amide bonds. The standard InChI is InChI=1S/C47H60N4O10/c1-7-25-61-47(4,5)46(56)60-32-51(44(54)39(23-20-34-14-10-8-11-15-34)49-42(52)29-38-30-48-24-26-58-38)41(27-33(2)3)43(53)50-40(28-35-16-12-9-13-17-35)45(55)59-31-36-18-21-37(57-6)22-19-36/h1,8-19,21-22,33,38-41,48H,20,23-32H2,2-6H3,(H,49,52)(H,50,53)/t38-,39?,40-,41-/m0/s1. The van der Waals surface area contributed by atoms with Crippen molar-refractivity contribution in [3.63, 3.8) is 0 Å². The maximum atomic E-state index is 15.0. The molecule has 14 heteroatoms. The zero-order chi connectivity index (χ0) is 44.2. The number of nitrogens with one attached hydrogen (secondary N) is 3. The molecule has 1 saturated heterocycles. The van der Waals surface area contributed by atoms with Crippen LogP contribution in [-0.2, 0) is 62.4 Å². The fraction of sp³-hybridized carbons (Fsp3) is 0.468. The van der Waals surface area contributed by atoms with E-state index < -0.39 is 66.2 Å². The molecular weight excluding hydrogens is 781 g/mol. The molecule has 14 nitrogen and oxygen atoms in total. The van der Waals surface area contributed by atoms with Gasteiger partial charge in [0.25, 0.3) is 0 Å². The Morgan fingerprint density at radius 1 is 0.902 bits per heavy atom. The molecule has 328 valence electrons. The molecule has 0 saturated carbocycles. The van der Waals surface area contributed by atoms with Gasteiger partial charge in [-0.1, -0.05) is 92.6 Å². The average molecular weight is 841 g/mol. The predicted molar refractivity (Wildman–Crippen MR) is 229 cm³/mol. The van der Waals surface area contributed by atoms with Crippen molar-refractivity contribution in [2.75, 3.05) is 40.1 Å². The Bertz CT molecular complexity index is 1890. The molecule has 4 atom stereocenters. The van der Waals surface area contributed by atoms with Gasteiger partial charge < -0.3 is 39.6 Å². The van der Waals surface area contributed by atoms with Gasteiger partial charge in [-0.15, -0.1) is 6.42 Å². The number of methoxy groups -OCH3 is 1. The van der Waals surface area contributed by atoms with Crippen LogP contribution < -0.4 is 20.7 Å². The van der Waals surface area contributed by atoms with E-state index in [-0.39, 0.29) is 44.8 Å². The lowest BCUT2D eigenvalue weighted by atomic mass is 9.98. The third kappa shape index (κ3) is 16.0. The van der Waals surface area contributed by atoms with Gasteiger partial charge in [-0.3, -0.25) is 19.3 Å². The maximum Gasteiger partial charge on any atom is 0.339 e. The number of esters is 2. The average Bonchev–Trinajstić information content (AvgIpc) is 3.26. The SMILES string of the molecule is C#CCOC(C)(C)C(=O)OCN(C(=O)C(CCc1ccccc1)NC(=O)C[C@H]1CNCCO1)[C@@H](CC(C)C)C(=O)N[C@@H](Cc1ccccc1)C(=O)OCc1ccc(OC)cc1. The summed E-state index contributed by atoms with van der Waals surface area (Å²) in [5, 5.41) is 8.98. The fourth-order valence-electron chi connectivity index (χ4n) is 6.62. The van der Waals surface area contributed by atoms with Crippen molar-refractivity contribution in [2.45, 2.75) is 96.2 Å². The van der Waals surface area contributed by atoms with Gasteiger partial charge in [-0.25, -0.2) is 9.59 Å². The van der Waals surface area contributed by atoms with Crippen molar-refractivity contribution < 1.29 is 47.7 Å². The zero-order valence-corrected chi connectivity index (χ0v) is 35.9. The van der Waals surface area contributed by atoms with Gasteiger partial charge in [0.05, 0.1) is 26.2 Å². The second-order valence-corrected chi connectivity index (χ2v) is 15.8. The first-order valence-corrected chi connectivity index (χ1v) is 20.6. The Morgan fingerprint density at radius 2 is 1.57 bits per heavy atom. The number of terminal acetylenes is 1. The smallest absolute Gasteiger partial charge is 0.339 e. The predicted octanol–water partition coefficient (Wildman–Crippen LogP) is 4.13. The lowest BCUT2D eigenvalue weighted by molar-refractivity contribution is -0.176. The molecule has 3 aromatic rings. The number of rotatable bonds is 23. The number of hydrogen-bond donors (Lipinski definition) is 3. The van der Waals surface area contributed by atoms with Crippen molar-refractivity contribution in [3.8, 4) is 18.1 Å². The lowest BCUT2D eigenvalue weighted by Gasteiger charge is -2.36. The Labute approximate surface area is 359 Å². The molecule has 0 spiro atoms. The molecule has 0 aliphatic carbocycles. The van der Waals surface area contributed by atoms with E-state index in [1.54, 1.807) is 31.4 Å². The molecule has 1 unspecified atom stereocenters. The van der Waals surface area contributed by atoms with Crippen molar-refractivity contribution in [1.82, 2.24) is 20.9 Å². The van der Waals surface area contributed by atoms with Gasteiger partial charge in [0.15, 0.2) is 12.3 Å². The van der Waals surface area contributed by atoms with Gasteiger partial charge in [0.1, 0.15) is 37.1 Å². The molecular formula is C47H60N4O10. The van der Waals surface area contributed by atoms with Crippen LogP contribution in [0.1, 0.15) is 63.6 Å². The first-order chi connectivity index (χ1) is 29.3. The number of hydrogen-bond acceptors (Lipinski definition) is 11. The molecule has 1 aliphatic heterocycles. The zero-order valence-electron chi connectivity index (χ0n) is 35.9. The van der Waals surface area contributed by atoms with Crippen molar-refractivity contribution in [1.29, 1.82) is 0 Å². The van der Waals surface area contributed by atoms with Crippen LogP contribution >= 0.6 is 0 Å². The number of nitrogens with zero attached hydrogens (tertiary/aromatic N) is 1. The van der Waals surface area contributed by atoms with Gasteiger partial charge in [0, 0.05) is 19.5 Å². The third-order valence-corrected chi connectivity index (χ3v) is 10.0. The van der Waals surface area contributed by atoms with E-state index in [0.717, 1.165) is 16.0 Å². The van der Waals surface area contributed by atoms with Crippen LogP contribution in [0.2, 0.25) is 0 Å². The topological polar surface area (TPSA) is 171 Å². The van der Waals surface area contributed by atoms with E-state index in [1.807, 2.05) is 74.5 Å². The number of ether oxygens (including phenoxy) is 5. The molecule has 1 aliphatic rings. The minimum absolute atomic E-state index is 0.00643. The Morgan fingerprint density at radius 3 is 2.18 bits per heavy atom. The van der Waals surface area contributed by atoms with E-state index in [2.05, 4.69) is 21.9 Å². The Hall–Kier alpha value is -5.75. The fourth-order valence-corrected chi connectivity index (χ4v) is 6.62. The summed E-state index contributed by atoms with van der Waals surface area (Å²) in [5.74, 6) is -0.486. The van der Waals surface area contributed by atoms with E-state index >= 15 is 4.79 Å². The monoisotopic (exact) mass is 840 g/mol. The number of aryl methyl sites for hydroxylation is 1. The van der Waals surface area contributed by atoms with Crippen LogP contribution in [-0.4, -0.2) is 105 Å². The molecule has 1 heterocycles. The van der Waals surface area contributed by atoms with E-state index in [9.17, 15) is 19.2 Å². The summed E-state index contributed by atoms with van der Waals surface area (Å²) in [4.78, 5) is 71.8. The summed E-state index contributed by atoms with van der Waals surface area (Å²) < 4.78 is 28.0. The summed E-state index contributed by atoms with van der Waals surface area (Å²) in [5.41, 5.74) is 0.888. The maximum absolute atomic E-state index is 15.0. The second kappa shape index (κ2) is 24.5. The third-order valence-electron chi connectivity index (χ3n) is 10.0. The number of carbonyl (C=O) groups is 5. The molecule has 1 fully saturated rings. The highest BCUT2D eigenvalue weighted by atomic mass is 16.6. The highest BCUT2D eigenvalue weighted by molar-refractivity contribution is 5.94. The van der Waals surface area contributed by atoms with Crippen molar-refractivity contribution >= 4 is 29.7 Å². The van der Waals surface area contributed by atoms with Crippen molar-refractivity contribution in [2.24, 2.45) is 5.92 Å². The lowest BCUT2D eigenvalue weighted by Crippen LogP contribution is -2.59. The molecule has 3 aromatic carbocycles. The van der Waals surface area contributed by atoms with Gasteiger partial charge in [0.2, 0.25) is 17.7 Å². The number of carbonyl (C=O) groups excluding carboxylic acids is 5. The Kier molecular flexibility index (Phi) is 19.2. The summed E-state index contributed by atoms with van der Waals surface area (Å²) in [7, 11) is 1.56. The normalized spacial score (nSPS) is 15.3. The minimum Gasteiger partial charge on any atom is -0.497 e. The quantitative estimate of drug-likeness (QED) is 0.0713. The summed E-state index contributed by atoms with van der Waals surface area (Å²) >= 11 is 0. The van der Waals surface area contributed by atoms with Gasteiger partial charge >= 0.3 is 11.9 Å². The molecule has 3 N–H and O–H groups in total. The highest BCUT2D eigenvalue weighted by Gasteiger charge is 2.39. The van der Waals surface area contributed by atoms with Crippen LogP contribution in [0.4, 0.5) is 0 Å². The van der Waals surface area contributed by atoms with Crippen LogP contribution in [0.3, 0.4) is 0 Å². The molecule has 61 heavy (non-hydrogen) atoms. The van der Waals surface area contributed by atoms with Gasteiger partial charge in [-0.2, -0.15) is 0 Å². The highest BCUT2D eigenvalue weighted by Crippen LogP contribution is 2.20. The number of morpholine rings is 1. The largest absolute Gasteiger partial charge is 0.497 e. The van der Waals surface area contributed by atoms with Crippen LogP contribution in [0.5, 0.6) is 5.75 Å². The Balaban J connectivity index is 1.68. The van der Waals surface area contributed by atoms with Crippen molar-refractivity contribution in [3.05, 3.63) is 102 Å². The van der Waals surface area contributed by atoms with Crippen LogP contribution in [0, 0.1) is 18.3 Å². The van der Waals surface area contributed by atoms with E-state index in [0.29, 0.717) is 37.4 Å². The molecule has 4 rings (SSSR count). The molecule has 0 aromatic heterocycles. The summed E-state index contributed by atoms with van der Waals surface area (Å²) in [6.45, 7) is 7.38. The van der Waals surface area contributed by atoms with E-state index in [4.69, 9.17) is 30.1 Å². The number of amides is 3. The second-order valence-electron chi connectivity index (χ2n) is 15.8. The van der Waals surface area contributed by atoms with E-state index in [1.165, 1.54) is 13.8 Å². The number of benzene rings is 3. The minimum atomic E-state index is -1.50. The molecule has 0 bridgehead atoms.